The first-order valence-corrected chi connectivity index (χ1v) is 9.43. The van der Waals surface area contributed by atoms with E-state index >= 15 is 0 Å². The van der Waals surface area contributed by atoms with Gasteiger partial charge in [0.2, 0.25) is 11.8 Å². The molecule has 2 aliphatic heterocycles. The summed E-state index contributed by atoms with van der Waals surface area (Å²) in [5.41, 5.74) is 0.754. The molecule has 0 bridgehead atoms. The fourth-order valence-electron chi connectivity index (χ4n) is 3.67. The maximum Gasteiger partial charge on any atom is 0.248 e. The van der Waals surface area contributed by atoms with Gasteiger partial charge in [0.1, 0.15) is 6.61 Å². The quantitative estimate of drug-likeness (QED) is 0.804. The summed E-state index contributed by atoms with van der Waals surface area (Å²) in [6.07, 6.45) is 2.11. The molecule has 1 aromatic carbocycles. The molecule has 0 aromatic heterocycles. The van der Waals surface area contributed by atoms with Gasteiger partial charge in [0.25, 0.3) is 0 Å². The van der Waals surface area contributed by atoms with Gasteiger partial charge in [-0.05, 0) is 18.4 Å². The van der Waals surface area contributed by atoms with Gasteiger partial charge in [-0.3, -0.25) is 9.59 Å². The van der Waals surface area contributed by atoms with E-state index in [1.165, 1.54) is 0 Å². The van der Waals surface area contributed by atoms with Gasteiger partial charge in [0.15, 0.2) is 0 Å². The Morgan fingerprint density at radius 3 is 2.50 bits per heavy atom. The molecule has 1 spiro atoms. The number of ether oxygens (including phenoxy) is 2. The first-order valence-electron chi connectivity index (χ1n) is 9.43. The molecule has 2 amide bonds. The van der Waals surface area contributed by atoms with Crippen LogP contribution in [0.15, 0.2) is 30.3 Å². The van der Waals surface area contributed by atoms with E-state index < -0.39 is 0 Å². The van der Waals surface area contributed by atoms with Crippen LogP contribution in [0.5, 0.6) is 0 Å². The molecule has 0 N–H and O–H groups in total. The van der Waals surface area contributed by atoms with E-state index in [1.54, 1.807) is 0 Å². The summed E-state index contributed by atoms with van der Waals surface area (Å²) in [4.78, 5) is 28.1. The van der Waals surface area contributed by atoms with Crippen LogP contribution in [0.1, 0.15) is 31.7 Å². The molecule has 0 atom stereocenters. The second-order valence-electron chi connectivity index (χ2n) is 7.06. The molecule has 6 nitrogen and oxygen atoms in total. The molecule has 0 aliphatic carbocycles. The Morgan fingerprint density at radius 1 is 1.08 bits per heavy atom. The number of carbonyl (C=O) groups excluding carboxylic acids is 2. The van der Waals surface area contributed by atoms with Gasteiger partial charge in [-0.15, -0.1) is 0 Å². The number of amides is 2. The molecule has 6 heteroatoms. The minimum Gasteiger partial charge on any atom is -0.371 e. The first-order chi connectivity index (χ1) is 12.6. The molecule has 0 unspecified atom stereocenters. The normalized spacial score (nSPS) is 19.6. The monoisotopic (exact) mass is 360 g/mol. The molecule has 2 fully saturated rings. The molecule has 1 aromatic rings. The highest BCUT2D eigenvalue weighted by Gasteiger charge is 2.41. The molecule has 0 saturated carbocycles. The average molecular weight is 360 g/mol. The van der Waals surface area contributed by atoms with Crippen molar-refractivity contribution in [3.05, 3.63) is 35.9 Å². The third-order valence-corrected chi connectivity index (χ3v) is 5.27. The van der Waals surface area contributed by atoms with Gasteiger partial charge in [0.05, 0.1) is 18.8 Å². The summed E-state index contributed by atoms with van der Waals surface area (Å²) >= 11 is 0. The molecule has 142 valence electrons. The van der Waals surface area contributed by atoms with E-state index in [4.69, 9.17) is 9.47 Å². The average Bonchev–Trinajstić information content (AvgIpc) is 2.69. The van der Waals surface area contributed by atoms with E-state index in [0.29, 0.717) is 45.8 Å². The summed E-state index contributed by atoms with van der Waals surface area (Å²) in [6, 6.07) is 9.85. The fraction of sp³-hybridized carbons (Fsp3) is 0.600. The second-order valence-corrected chi connectivity index (χ2v) is 7.06. The van der Waals surface area contributed by atoms with Crippen LogP contribution in [0.2, 0.25) is 0 Å². The van der Waals surface area contributed by atoms with E-state index in [9.17, 15) is 9.59 Å². The minimum atomic E-state index is -0.308. The summed E-state index contributed by atoms with van der Waals surface area (Å²) < 4.78 is 11.6. The minimum absolute atomic E-state index is 0.00988. The Morgan fingerprint density at radius 2 is 1.81 bits per heavy atom. The standard InChI is InChI=1S/C20H28N2O4/c1-2-18(23)21-10-8-20(9-11-21)16-22(12-13-26-20)19(24)15-25-14-17-6-4-3-5-7-17/h3-7H,2,8-16H2,1H3. The third kappa shape index (κ3) is 4.62. The van der Waals surface area contributed by atoms with Crippen LogP contribution >= 0.6 is 0 Å². The Bertz CT molecular complexity index is 611. The van der Waals surface area contributed by atoms with Gasteiger partial charge in [-0.25, -0.2) is 0 Å². The molecule has 3 rings (SSSR count). The van der Waals surface area contributed by atoms with E-state index in [1.807, 2.05) is 47.1 Å². The lowest BCUT2D eigenvalue weighted by molar-refractivity contribution is -0.166. The Hall–Kier alpha value is -1.92. The molecule has 2 aliphatic rings. The number of likely N-dealkylation sites (tertiary alicyclic amines) is 1. The van der Waals surface area contributed by atoms with Crippen LogP contribution in [0.3, 0.4) is 0 Å². The number of nitrogens with zero attached hydrogens (tertiary/aromatic N) is 2. The third-order valence-electron chi connectivity index (χ3n) is 5.27. The molecular formula is C20H28N2O4. The van der Waals surface area contributed by atoms with Crippen molar-refractivity contribution in [1.82, 2.24) is 9.80 Å². The van der Waals surface area contributed by atoms with Gasteiger partial charge < -0.3 is 19.3 Å². The van der Waals surface area contributed by atoms with Crippen LogP contribution in [-0.2, 0) is 25.7 Å². The van der Waals surface area contributed by atoms with Crippen molar-refractivity contribution in [2.75, 3.05) is 39.4 Å². The highest BCUT2D eigenvalue weighted by Crippen LogP contribution is 2.30. The zero-order valence-corrected chi connectivity index (χ0v) is 15.5. The molecule has 2 saturated heterocycles. The predicted molar refractivity (Wildman–Crippen MR) is 97.5 cm³/mol. The van der Waals surface area contributed by atoms with E-state index in [-0.39, 0.29) is 24.0 Å². The summed E-state index contributed by atoms with van der Waals surface area (Å²) in [7, 11) is 0. The first kappa shape index (κ1) is 18.9. The molecular weight excluding hydrogens is 332 g/mol. The van der Waals surface area contributed by atoms with Crippen molar-refractivity contribution in [2.45, 2.75) is 38.4 Å². The number of morpholine rings is 1. The van der Waals surface area contributed by atoms with Crippen molar-refractivity contribution in [3.8, 4) is 0 Å². The predicted octanol–water partition coefficient (Wildman–Crippen LogP) is 1.83. The highest BCUT2D eigenvalue weighted by atomic mass is 16.5. The number of piperidine rings is 1. The zero-order valence-electron chi connectivity index (χ0n) is 15.5. The lowest BCUT2D eigenvalue weighted by Gasteiger charge is -2.47. The second kappa shape index (κ2) is 8.64. The largest absolute Gasteiger partial charge is 0.371 e. The summed E-state index contributed by atoms with van der Waals surface area (Å²) in [5.74, 6) is 0.202. The van der Waals surface area contributed by atoms with Crippen molar-refractivity contribution in [1.29, 1.82) is 0 Å². The number of hydrogen-bond donors (Lipinski definition) is 0. The number of rotatable bonds is 5. The zero-order chi connectivity index (χ0) is 18.4. The SMILES string of the molecule is CCC(=O)N1CCC2(CC1)CN(C(=O)COCc1ccccc1)CCO2. The van der Waals surface area contributed by atoms with Gasteiger partial charge >= 0.3 is 0 Å². The Kier molecular flexibility index (Phi) is 6.27. The van der Waals surface area contributed by atoms with E-state index in [0.717, 1.165) is 18.4 Å². The van der Waals surface area contributed by atoms with Crippen LogP contribution in [0.4, 0.5) is 0 Å². The molecule has 2 heterocycles. The van der Waals surface area contributed by atoms with Gasteiger partial charge in [-0.2, -0.15) is 0 Å². The van der Waals surface area contributed by atoms with Crippen LogP contribution < -0.4 is 0 Å². The summed E-state index contributed by atoms with van der Waals surface area (Å²) in [6.45, 7) is 5.58. The maximum atomic E-state index is 12.5. The number of carbonyl (C=O) groups is 2. The number of hydrogen-bond acceptors (Lipinski definition) is 4. The van der Waals surface area contributed by atoms with E-state index in [2.05, 4.69) is 0 Å². The van der Waals surface area contributed by atoms with Crippen molar-refractivity contribution in [2.24, 2.45) is 0 Å². The van der Waals surface area contributed by atoms with Crippen LogP contribution in [-0.4, -0.2) is 66.6 Å². The molecule has 26 heavy (non-hydrogen) atoms. The van der Waals surface area contributed by atoms with Gasteiger partial charge in [0, 0.05) is 32.6 Å². The van der Waals surface area contributed by atoms with Crippen molar-refractivity contribution >= 4 is 11.8 Å². The smallest absolute Gasteiger partial charge is 0.248 e. The van der Waals surface area contributed by atoms with Gasteiger partial charge in [-0.1, -0.05) is 37.3 Å². The Labute approximate surface area is 155 Å². The van der Waals surface area contributed by atoms with Crippen molar-refractivity contribution in [3.63, 3.8) is 0 Å². The summed E-state index contributed by atoms with van der Waals surface area (Å²) in [5, 5.41) is 0. The topological polar surface area (TPSA) is 59.1 Å². The van der Waals surface area contributed by atoms with Crippen LogP contribution in [0.25, 0.3) is 0 Å². The number of benzene rings is 1. The highest BCUT2D eigenvalue weighted by molar-refractivity contribution is 5.78. The lowest BCUT2D eigenvalue weighted by Crippen LogP contribution is -2.59. The Balaban J connectivity index is 1.47. The van der Waals surface area contributed by atoms with Crippen molar-refractivity contribution < 1.29 is 19.1 Å². The fourth-order valence-corrected chi connectivity index (χ4v) is 3.67. The molecule has 0 radical (unpaired) electrons. The maximum absolute atomic E-state index is 12.5. The van der Waals surface area contributed by atoms with Crippen LogP contribution in [0, 0.1) is 0 Å². The lowest BCUT2D eigenvalue weighted by atomic mass is 9.89.